The van der Waals surface area contributed by atoms with E-state index < -0.39 is 10.0 Å². The lowest BCUT2D eigenvalue weighted by atomic mass is 10.0. The second-order valence-electron chi connectivity index (χ2n) is 8.15. The minimum absolute atomic E-state index is 0.252. The van der Waals surface area contributed by atoms with Gasteiger partial charge in [0.2, 0.25) is 10.0 Å². The van der Waals surface area contributed by atoms with E-state index in [1.807, 2.05) is 0 Å². The molecule has 1 N–H and O–H groups in total. The standard InChI is InChI=1S/C24H32N2O4S/c1-3-4-5-18-30-22-10-6-20(7-11-22)24(27)25-21-8-12-23(13-9-21)31(28,29)26-16-14-19(2)15-17-26/h6-13,19H,3-5,14-18H2,1-2H3,(H,25,27). The van der Waals surface area contributed by atoms with E-state index >= 15 is 0 Å². The lowest BCUT2D eigenvalue weighted by Crippen LogP contribution is -2.37. The molecule has 0 radical (unpaired) electrons. The Morgan fingerprint density at radius 1 is 1.03 bits per heavy atom. The summed E-state index contributed by atoms with van der Waals surface area (Å²) < 4.78 is 32.9. The van der Waals surface area contributed by atoms with Gasteiger partial charge in [0.1, 0.15) is 5.75 Å². The molecule has 0 aromatic heterocycles. The molecule has 1 heterocycles. The lowest BCUT2D eigenvalue weighted by Gasteiger charge is -2.29. The van der Waals surface area contributed by atoms with Crippen molar-refractivity contribution in [2.24, 2.45) is 5.92 Å². The highest BCUT2D eigenvalue weighted by Gasteiger charge is 2.27. The van der Waals surface area contributed by atoms with Crippen LogP contribution in [0.3, 0.4) is 0 Å². The summed E-state index contributed by atoms with van der Waals surface area (Å²) in [7, 11) is -3.49. The average molecular weight is 445 g/mol. The van der Waals surface area contributed by atoms with Crippen LogP contribution < -0.4 is 10.1 Å². The summed E-state index contributed by atoms with van der Waals surface area (Å²) in [4.78, 5) is 12.8. The molecular weight excluding hydrogens is 412 g/mol. The number of ether oxygens (including phenoxy) is 1. The molecule has 1 aliphatic heterocycles. The van der Waals surface area contributed by atoms with Crippen molar-refractivity contribution >= 4 is 21.6 Å². The number of piperidine rings is 1. The summed E-state index contributed by atoms with van der Waals surface area (Å²) in [5.41, 5.74) is 1.07. The van der Waals surface area contributed by atoms with Gasteiger partial charge < -0.3 is 10.1 Å². The molecule has 2 aromatic carbocycles. The summed E-state index contributed by atoms with van der Waals surface area (Å²) in [5.74, 6) is 1.05. The number of unbranched alkanes of at least 4 members (excludes halogenated alkanes) is 2. The number of amides is 1. The third-order valence-electron chi connectivity index (χ3n) is 5.63. The highest BCUT2D eigenvalue weighted by Crippen LogP contribution is 2.24. The highest BCUT2D eigenvalue weighted by atomic mass is 32.2. The maximum atomic E-state index is 12.8. The molecule has 0 spiro atoms. The second kappa shape index (κ2) is 10.8. The molecule has 1 amide bonds. The van der Waals surface area contributed by atoms with Crippen LogP contribution in [-0.2, 0) is 10.0 Å². The van der Waals surface area contributed by atoms with E-state index in [1.54, 1.807) is 52.8 Å². The van der Waals surface area contributed by atoms with Crippen molar-refractivity contribution in [2.45, 2.75) is 50.8 Å². The average Bonchev–Trinajstić information content (AvgIpc) is 2.78. The van der Waals surface area contributed by atoms with Crippen LogP contribution in [0.15, 0.2) is 53.4 Å². The SMILES string of the molecule is CCCCCOc1ccc(C(=O)Nc2ccc(S(=O)(=O)N3CCC(C)CC3)cc2)cc1. The highest BCUT2D eigenvalue weighted by molar-refractivity contribution is 7.89. The third kappa shape index (κ3) is 6.31. The lowest BCUT2D eigenvalue weighted by molar-refractivity contribution is 0.102. The summed E-state index contributed by atoms with van der Waals surface area (Å²) in [5, 5.41) is 2.81. The molecule has 6 nitrogen and oxygen atoms in total. The molecule has 1 saturated heterocycles. The van der Waals surface area contributed by atoms with Crippen LogP contribution in [0.2, 0.25) is 0 Å². The smallest absolute Gasteiger partial charge is 0.255 e. The number of sulfonamides is 1. The molecule has 0 atom stereocenters. The summed E-state index contributed by atoms with van der Waals surface area (Å²) in [6.45, 7) is 6.08. The van der Waals surface area contributed by atoms with Gasteiger partial charge in [-0.3, -0.25) is 4.79 Å². The van der Waals surface area contributed by atoms with E-state index in [9.17, 15) is 13.2 Å². The molecule has 168 valence electrons. The molecular formula is C24H32N2O4S. The van der Waals surface area contributed by atoms with Crippen LogP contribution >= 0.6 is 0 Å². The van der Waals surface area contributed by atoms with E-state index in [2.05, 4.69) is 19.2 Å². The minimum atomic E-state index is -3.49. The fourth-order valence-corrected chi connectivity index (χ4v) is 5.00. The molecule has 0 bridgehead atoms. The zero-order valence-electron chi connectivity index (χ0n) is 18.3. The predicted octanol–water partition coefficient (Wildman–Crippen LogP) is 4.93. The van der Waals surface area contributed by atoms with Crippen molar-refractivity contribution in [3.05, 3.63) is 54.1 Å². The second-order valence-corrected chi connectivity index (χ2v) is 10.1. The van der Waals surface area contributed by atoms with E-state index in [4.69, 9.17) is 4.74 Å². The summed E-state index contributed by atoms with van der Waals surface area (Å²) in [6, 6.07) is 13.4. The fraction of sp³-hybridized carbons (Fsp3) is 0.458. The molecule has 1 fully saturated rings. The van der Waals surface area contributed by atoms with Crippen LogP contribution in [0.25, 0.3) is 0 Å². The molecule has 0 saturated carbocycles. The zero-order chi connectivity index (χ0) is 22.3. The van der Waals surface area contributed by atoms with Crippen molar-refractivity contribution in [2.75, 3.05) is 25.0 Å². The van der Waals surface area contributed by atoms with Gasteiger partial charge in [-0.05, 0) is 73.7 Å². The van der Waals surface area contributed by atoms with Gasteiger partial charge >= 0.3 is 0 Å². The number of hydrogen-bond acceptors (Lipinski definition) is 4. The first kappa shape index (κ1) is 23.3. The van der Waals surface area contributed by atoms with Crippen molar-refractivity contribution in [3.8, 4) is 5.75 Å². The number of hydrogen-bond donors (Lipinski definition) is 1. The van der Waals surface area contributed by atoms with Crippen LogP contribution in [-0.4, -0.2) is 38.3 Å². The molecule has 2 aromatic rings. The molecule has 0 aliphatic carbocycles. The molecule has 0 unspecified atom stereocenters. The monoisotopic (exact) mass is 444 g/mol. The first-order valence-electron chi connectivity index (χ1n) is 11.0. The van der Waals surface area contributed by atoms with Gasteiger partial charge in [0, 0.05) is 24.3 Å². The minimum Gasteiger partial charge on any atom is -0.494 e. The van der Waals surface area contributed by atoms with Gasteiger partial charge in [0.25, 0.3) is 5.91 Å². The van der Waals surface area contributed by atoms with Crippen LogP contribution in [0.1, 0.15) is 56.3 Å². The van der Waals surface area contributed by atoms with Crippen LogP contribution in [0.4, 0.5) is 5.69 Å². The van der Waals surface area contributed by atoms with Gasteiger partial charge in [-0.2, -0.15) is 4.31 Å². The van der Waals surface area contributed by atoms with Gasteiger partial charge in [0.15, 0.2) is 0 Å². The Morgan fingerprint density at radius 3 is 2.29 bits per heavy atom. The number of rotatable bonds is 9. The van der Waals surface area contributed by atoms with Gasteiger partial charge in [-0.15, -0.1) is 0 Å². The van der Waals surface area contributed by atoms with Crippen molar-refractivity contribution in [1.82, 2.24) is 4.31 Å². The van der Waals surface area contributed by atoms with Crippen LogP contribution in [0.5, 0.6) is 5.75 Å². The first-order chi connectivity index (χ1) is 14.9. The Hall–Kier alpha value is -2.38. The number of carbonyl (C=O) groups is 1. The first-order valence-corrected chi connectivity index (χ1v) is 12.5. The zero-order valence-corrected chi connectivity index (χ0v) is 19.2. The number of anilines is 1. The predicted molar refractivity (Wildman–Crippen MR) is 123 cm³/mol. The number of nitrogens with zero attached hydrogens (tertiary/aromatic N) is 1. The quantitative estimate of drug-likeness (QED) is 0.557. The summed E-state index contributed by atoms with van der Waals surface area (Å²) in [6.07, 6.45) is 5.07. The Morgan fingerprint density at radius 2 is 1.68 bits per heavy atom. The number of carbonyl (C=O) groups excluding carboxylic acids is 1. The maximum absolute atomic E-state index is 12.8. The largest absolute Gasteiger partial charge is 0.494 e. The molecule has 31 heavy (non-hydrogen) atoms. The number of nitrogens with one attached hydrogen (secondary N) is 1. The van der Waals surface area contributed by atoms with Crippen LogP contribution in [0, 0.1) is 5.92 Å². The summed E-state index contributed by atoms with van der Waals surface area (Å²) >= 11 is 0. The molecule has 1 aliphatic rings. The molecule has 3 rings (SSSR count). The normalized spacial score (nSPS) is 15.5. The van der Waals surface area contributed by atoms with E-state index in [1.165, 1.54) is 0 Å². The molecule has 7 heteroatoms. The van der Waals surface area contributed by atoms with Crippen molar-refractivity contribution < 1.29 is 17.9 Å². The van der Waals surface area contributed by atoms with E-state index in [-0.39, 0.29) is 10.8 Å². The Labute approximate surface area is 185 Å². The maximum Gasteiger partial charge on any atom is 0.255 e. The van der Waals surface area contributed by atoms with Crippen molar-refractivity contribution in [3.63, 3.8) is 0 Å². The van der Waals surface area contributed by atoms with Gasteiger partial charge in [-0.25, -0.2) is 8.42 Å². The Bertz CT molecular complexity index is 948. The van der Waals surface area contributed by atoms with E-state index in [0.29, 0.717) is 36.9 Å². The van der Waals surface area contributed by atoms with E-state index in [0.717, 1.165) is 37.9 Å². The topological polar surface area (TPSA) is 75.7 Å². The number of benzene rings is 2. The Kier molecular flexibility index (Phi) is 8.09. The Balaban J connectivity index is 1.57. The fourth-order valence-electron chi connectivity index (χ4n) is 3.53. The van der Waals surface area contributed by atoms with Gasteiger partial charge in [-0.1, -0.05) is 26.7 Å². The van der Waals surface area contributed by atoms with Crippen molar-refractivity contribution in [1.29, 1.82) is 0 Å². The van der Waals surface area contributed by atoms with Gasteiger partial charge in [0.05, 0.1) is 11.5 Å². The third-order valence-corrected chi connectivity index (χ3v) is 7.54.